The lowest BCUT2D eigenvalue weighted by molar-refractivity contribution is 0.0549. The topological polar surface area (TPSA) is 41.6 Å². The molecule has 0 saturated carbocycles. The number of hydrogen-bond donors (Lipinski definition) is 1. The summed E-state index contributed by atoms with van der Waals surface area (Å²) in [7, 11) is 2.16. The van der Waals surface area contributed by atoms with Gasteiger partial charge in [0.2, 0.25) is 0 Å². The van der Waals surface area contributed by atoms with Crippen LogP contribution in [0.15, 0.2) is 42.5 Å². The summed E-state index contributed by atoms with van der Waals surface area (Å²) in [6, 6.07) is 13.4. The predicted octanol–water partition coefficient (Wildman–Crippen LogP) is 4.76. The van der Waals surface area contributed by atoms with Crippen LogP contribution in [0.4, 0.5) is 5.69 Å². The summed E-state index contributed by atoms with van der Waals surface area (Å²) < 4.78 is 5.43. The van der Waals surface area contributed by atoms with Crippen molar-refractivity contribution >= 4 is 23.2 Å². The molecule has 4 nitrogen and oxygen atoms in total. The van der Waals surface area contributed by atoms with E-state index in [2.05, 4.69) is 29.4 Å². The minimum Gasteiger partial charge on any atom is -0.381 e. The minimum absolute atomic E-state index is 0.126. The highest BCUT2D eigenvalue weighted by molar-refractivity contribution is 6.31. The van der Waals surface area contributed by atoms with Crippen molar-refractivity contribution in [2.75, 3.05) is 32.1 Å². The fraction of sp³-hybridized carbons (Fsp3) is 0.409. The molecule has 1 heterocycles. The summed E-state index contributed by atoms with van der Waals surface area (Å²) >= 11 is 6.02. The molecule has 1 fully saturated rings. The number of carbonyl (C=O) groups excluding carboxylic acids is 1. The molecule has 0 unspecified atom stereocenters. The standard InChI is InChI=1S/C22H27ClN2O2/c1-16-13-19(5-8-21(16)23)22(26)24-20-6-3-17(4-7-20)14-25(2)15-18-9-11-27-12-10-18/h3-8,13,18H,9-12,14-15H2,1-2H3,(H,24,26). The zero-order chi connectivity index (χ0) is 19.2. The molecule has 3 rings (SSSR count). The van der Waals surface area contributed by atoms with Gasteiger partial charge in [-0.05, 0) is 74.2 Å². The smallest absolute Gasteiger partial charge is 0.255 e. The highest BCUT2D eigenvalue weighted by atomic mass is 35.5. The first kappa shape index (κ1) is 19.9. The summed E-state index contributed by atoms with van der Waals surface area (Å²) in [6.45, 7) is 5.67. The summed E-state index contributed by atoms with van der Waals surface area (Å²) in [5, 5.41) is 3.61. The molecule has 5 heteroatoms. The van der Waals surface area contributed by atoms with E-state index in [-0.39, 0.29) is 5.91 Å². The van der Waals surface area contributed by atoms with Crippen LogP contribution in [0, 0.1) is 12.8 Å². The van der Waals surface area contributed by atoms with Gasteiger partial charge in [0.1, 0.15) is 0 Å². The summed E-state index contributed by atoms with van der Waals surface area (Å²) in [5.74, 6) is 0.601. The Balaban J connectivity index is 1.53. The molecule has 0 aliphatic carbocycles. The van der Waals surface area contributed by atoms with Crippen LogP contribution >= 0.6 is 11.6 Å². The number of benzene rings is 2. The first-order valence-corrected chi connectivity index (χ1v) is 9.82. The van der Waals surface area contributed by atoms with Crippen molar-refractivity contribution in [3.8, 4) is 0 Å². The van der Waals surface area contributed by atoms with Crippen LogP contribution in [0.3, 0.4) is 0 Å². The number of nitrogens with one attached hydrogen (secondary N) is 1. The molecule has 0 spiro atoms. The number of nitrogens with zero attached hydrogens (tertiary/aromatic N) is 1. The molecule has 0 atom stereocenters. The molecule has 1 saturated heterocycles. The van der Waals surface area contributed by atoms with Crippen molar-refractivity contribution in [1.29, 1.82) is 0 Å². The number of aryl methyl sites for hydroxylation is 1. The Bertz CT molecular complexity index is 770. The SMILES string of the molecule is Cc1cc(C(=O)Nc2ccc(CN(C)CC3CCOCC3)cc2)ccc1Cl. The average Bonchev–Trinajstić information content (AvgIpc) is 2.66. The molecule has 1 amide bonds. The third-order valence-corrected chi connectivity index (χ3v) is 5.42. The summed E-state index contributed by atoms with van der Waals surface area (Å²) in [4.78, 5) is 14.8. The molecule has 1 N–H and O–H groups in total. The van der Waals surface area contributed by atoms with Gasteiger partial charge in [0, 0.05) is 42.6 Å². The van der Waals surface area contributed by atoms with E-state index in [1.165, 1.54) is 5.56 Å². The maximum Gasteiger partial charge on any atom is 0.255 e. The lowest BCUT2D eigenvalue weighted by atomic mass is 10.00. The minimum atomic E-state index is -0.126. The molecule has 0 aromatic heterocycles. The van der Waals surface area contributed by atoms with E-state index in [0.29, 0.717) is 10.6 Å². The highest BCUT2D eigenvalue weighted by Crippen LogP contribution is 2.19. The Morgan fingerprint density at radius 3 is 2.56 bits per heavy atom. The third kappa shape index (κ3) is 5.80. The number of rotatable bonds is 6. The quantitative estimate of drug-likeness (QED) is 0.778. The Hall–Kier alpha value is -1.88. The molecular weight excluding hydrogens is 360 g/mol. The van der Waals surface area contributed by atoms with Crippen molar-refractivity contribution in [2.45, 2.75) is 26.3 Å². The first-order valence-electron chi connectivity index (χ1n) is 9.44. The largest absolute Gasteiger partial charge is 0.381 e. The normalized spacial score (nSPS) is 15.1. The molecule has 2 aromatic carbocycles. The van der Waals surface area contributed by atoms with Crippen molar-refractivity contribution < 1.29 is 9.53 Å². The van der Waals surface area contributed by atoms with Crippen LogP contribution in [0.25, 0.3) is 0 Å². The second-order valence-corrected chi connectivity index (χ2v) is 7.77. The van der Waals surface area contributed by atoms with Crippen LogP contribution in [0.2, 0.25) is 5.02 Å². The average molecular weight is 387 g/mol. The van der Waals surface area contributed by atoms with Gasteiger partial charge >= 0.3 is 0 Å². The lowest BCUT2D eigenvalue weighted by Gasteiger charge is -2.27. The monoisotopic (exact) mass is 386 g/mol. The van der Waals surface area contributed by atoms with E-state index in [4.69, 9.17) is 16.3 Å². The fourth-order valence-electron chi connectivity index (χ4n) is 3.43. The number of halogens is 1. The number of carbonyl (C=O) groups is 1. The van der Waals surface area contributed by atoms with Gasteiger partial charge < -0.3 is 15.0 Å². The molecular formula is C22H27ClN2O2. The van der Waals surface area contributed by atoms with Crippen molar-refractivity contribution in [1.82, 2.24) is 4.90 Å². The summed E-state index contributed by atoms with van der Waals surface area (Å²) in [5.41, 5.74) is 3.54. The second-order valence-electron chi connectivity index (χ2n) is 7.37. The van der Waals surface area contributed by atoms with Crippen LogP contribution < -0.4 is 5.32 Å². The maximum absolute atomic E-state index is 12.4. The predicted molar refractivity (Wildman–Crippen MR) is 110 cm³/mol. The lowest BCUT2D eigenvalue weighted by Crippen LogP contribution is -2.29. The highest BCUT2D eigenvalue weighted by Gasteiger charge is 2.16. The first-order chi connectivity index (χ1) is 13.0. The molecule has 2 aromatic rings. The Labute approximate surface area is 166 Å². The second kappa shape index (κ2) is 9.36. The van der Waals surface area contributed by atoms with Crippen LogP contribution in [0.5, 0.6) is 0 Å². The van der Waals surface area contributed by atoms with Crippen molar-refractivity contribution in [2.24, 2.45) is 5.92 Å². The van der Waals surface area contributed by atoms with E-state index in [9.17, 15) is 4.79 Å². The maximum atomic E-state index is 12.4. The van der Waals surface area contributed by atoms with Gasteiger partial charge in [-0.3, -0.25) is 4.79 Å². The zero-order valence-corrected chi connectivity index (χ0v) is 16.8. The molecule has 1 aliphatic heterocycles. The third-order valence-electron chi connectivity index (χ3n) is 5.00. The summed E-state index contributed by atoms with van der Waals surface area (Å²) in [6.07, 6.45) is 2.30. The Morgan fingerprint density at radius 2 is 1.89 bits per heavy atom. The van der Waals surface area contributed by atoms with Crippen molar-refractivity contribution in [3.05, 3.63) is 64.2 Å². The molecule has 144 valence electrons. The number of anilines is 1. The van der Waals surface area contributed by atoms with Gasteiger partial charge in [0.05, 0.1) is 0 Å². The van der Waals surface area contributed by atoms with Gasteiger partial charge in [-0.25, -0.2) is 0 Å². The van der Waals surface area contributed by atoms with Crippen LogP contribution in [-0.2, 0) is 11.3 Å². The van der Waals surface area contributed by atoms with E-state index in [1.807, 2.05) is 19.1 Å². The fourth-order valence-corrected chi connectivity index (χ4v) is 3.55. The molecule has 0 bridgehead atoms. The van der Waals surface area contributed by atoms with Crippen LogP contribution in [0.1, 0.15) is 34.3 Å². The number of ether oxygens (including phenoxy) is 1. The van der Waals surface area contributed by atoms with Gasteiger partial charge in [-0.15, -0.1) is 0 Å². The van der Waals surface area contributed by atoms with Gasteiger partial charge in [0.15, 0.2) is 0 Å². The Morgan fingerprint density at radius 1 is 1.19 bits per heavy atom. The molecule has 0 radical (unpaired) electrons. The van der Waals surface area contributed by atoms with Gasteiger partial charge in [-0.2, -0.15) is 0 Å². The van der Waals surface area contributed by atoms with Crippen molar-refractivity contribution in [3.63, 3.8) is 0 Å². The van der Waals surface area contributed by atoms with E-state index in [1.54, 1.807) is 18.2 Å². The molecule has 27 heavy (non-hydrogen) atoms. The molecule has 1 aliphatic rings. The van der Waals surface area contributed by atoms with E-state index in [0.717, 1.165) is 56.3 Å². The Kier molecular flexibility index (Phi) is 6.89. The van der Waals surface area contributed by atoms with Gasteiger partial charge in [0.25, 0.3) is 5.91 Å². The van der Waals surface area contributed by atoms with Gasteiger partial charge in [-0.1, -0.05) is 23.7 Å². The number of hydrogen-bond acceptors (Lipinski definition) is 3. The van der Waals surface area contributed by atoms with Crippen LogP contribution in [-0.4, -0.2) is 37.6 Å². The van der Waals surface area contributed by atoms with E-state index < -0.39 is 0 Å². The number of amides is 1. The van der Waals surface area contributed by atoms with E-state index >= 15 is 0 Å². The zero-order valence-electron chi connectivity index (χ0n) is 16.0.